The SMILES string of the molecule is CS(=O)(=O)c1cccc(NC(=O)Oc2cnn3c(C(F)(F)F)cc(-c4ccc(Cl)c(Cl)c4)nc23)c1. The number of benzene rings is 2. The minimum Gasteiger partial charge on any atom is -0.404 e. The number of sulfone groups is 1. The Morgan fingerprint density at radius 2 is 1.83 bits per heavy atom. The molecule has 0 aliphatic heterocycles. The maximum Gasteiger partial charge on any atom is 0.433 e. The second-order valence-corrected chi connectivity index (χ2v) is 10.0. The van der Waals surface area contributed by atoms with Gasteiger partial charge in [-0.2, -0.15) is 18.3 Å². The first kappa shape index (κ1) is 24.8. The van der Waals surface area contributed by atoms with Gasteiger partial charge in [-0.05, 0) is 36.4 Å². The Labute approximate surface area is 206 Å². The third kappa shape index (κ3) is 5.34. The largest absolute Gasteiger partial charge is 0.433 e. The molecular formula is C21H13Cl2F3N4O4S. The first-order valence-electron chi connectivity index (χ1n) is 9.53. The summed E-state index contributed by atoms with van der Waals surface area (Å²) in [5.74, 6) is -0.367. The molecule has 0 atom stereocenters. The molecule has 0 saturated carbocycles. The highest BCUT2D eigenvalue weighted by Crippen LogP contribution is 2.35. The van der Waals surface area contributed by atoms with E-state index in [4.69, 9.17) is 27.9 Å². The summed E-state index contributed by atoms with van der Waals surface area (Å²) in [6, 6.07) is 10.3. The molecule has 1 N–H and O–H groups in total. The van der Waals surface area contributed by atoms with E-state index in [2.05, 4.69) is 15.4 Å². The van der Waals surface area contributed by atoms with Gasteiger partial charge < -0.3 is 4.74 Å². The summed E-state index contributed by atoms with van der Waals surface area (Å²) in [7, 11) is -3.54. The number of carbonyl (C=O) groups excluding carboxylic acids is 1. The van der Waals surface area contributed by atoms with E-state index in [-0.39, 0.29) is 43.3 Å². The van der Waals surface area contributed by atoms with Gasteiger partial charge in [-0.25, -0.2) is 22.7 Å². The summed E-state index contributed by atoms with van der Waals surface area (Å²) in [5.41, 5.74) is -1.34. The molecule has 0 spiro atoms. The second kappa shape index (κ2) is 9.02. The quantitative estimate of drug-likeness (QED) is 0.351. The van der Waals surface area contributed by atoms with Crippen molar-refractivity contribution < 1.29 is 31.1 Å². The third-order valence-electron chi connectivity index (χ3n) is 4.66. The molecule has 0 bridgehead atoms. The number of ether oxygens (including phenoxy) is 1. The number of rotatable bonds is 4. The van der Waals surface area contributed by atoms with Gasteiger partial charge in [-0.3, -0.25) is 5.32 Å². The smallest absolute Gasteiger partial charge is 0.404 e. The standard InChI is InChI=1S/C21H13Cl2F3N4O4S/c1-35(32,33)13-4-2-3-12(8-13)28-20(31)34-17-10-27-30-18(21(24,25)26)9-16(29-19(17)30)11-5-6-14(22)15(23)7-11/h2-10H,1H3,(H,28,31). The lowest BCUT2D eigenvalue weighted by atomic mass is 10.1. The van der Waals surface area contributed by atoms with Gasteiger partial charge in [-0.15, -0.1) is 0 Å². The van der Waals surface area contributed by atoms with Crippen molar-refractivity contribution >= 4 is 50.5 Å². The van der Waals surface area contributed by atoms with Gasteiger partial charge in [-0.1, -0.05) is 35.3 Å². The molecule has 1 amide bonds. The van der Waals surface area contributed by atoms with Crippen LogP contribution in [0.5, 0.6) is 5.75 Å². The normalized spacial score (nSPS) is 12.1. The Morgan fingerprint density at radius 3 is 2.49 bits per heavy atom. The average molecular weight is 545 g/mol. The number of hydrogen-bond donors (Lipinski definition) is 1. The maximum atomic E-state index is 13.7. The number of amides is 1. The Bertz CT molecular complexity index is 1570. The second-order valence-electron chi connectivity index (χ2n) is 7.21. The number of nitrogens with one attached hydrogen (secondary N) is 1. The predicted octanol–water partition coefficient (Wildman–Crippen LogP) is 5.74. The van der Waals surface area contributed by atoms with Crippen LogP contribution in [0.1, 0.15) is 5.69 Å². The summed E-state index contributed by atoms with van der Waals surface area (Å²) < 4.78 is 70.3. The highest BCUT2D eigenvalue weighted by molar-refractivity contribution is 7.90. The van der Waals surface area contributed by atoms with E-state index in [1.807, 2.05) is 0 Å². The van der Waals surface area contributed by atoms with Crippen molar-refractivity contribution in [2.45, 2.75) is 11.1 Å². The van der Waals surface area contributed by atoms with Gasteiger partial charge in [0.1, 0.15) is 0 Å². The summed E-state index contributed by atoms with van der Waals surface area (Å²) in [5, 5.41) is 6.30. The minimum atomic E-state index is -4.82. The van der Waals surface area contributed by atoms with Crippen LogP contribution in [-0.4, -0.2) is 35.4 Å². The van der Waals surface area contributed by atoms with E-state index in [9.17, 15) is 26.4 Å². The van der Waals surface area contributed by atoms with Crippen molar-refractivity contribution in [3.05, 3.63) is 70.5 Å². The molecule has 2 aromatic heterocycles. The van der Waals surface area contributed by atoms with E-state index in [0.717, 1.165) is 18.5 Å². The monoisotopic (exact) mass is 544 g/mol. The van der Waals surface area contributed by atoms with Crippen LogP contribution in [0.4, 0.5) is 23.7 Å². The van der Waals surface area contributed by atoms with E-state index in [1.165, 1.54) is 42.5 Å². The van der Waals surface area contributed by atoms with Gasteiger partial charge in [0.2, 0.25) is 0 Å². The summed E-state index contributed by atoms with van der Waals surface area (Å²) in [4.78, 5) is 16.5. The van der Waals surface area contributed by atoms with Gasteiger partial charge in [0.15, 0.2) is 26.9 Å². The van der Waals surface area contributed by atoms with Crippen LogP contribution in [0.3, 0.4) is 0 Å². The van der Waals surface area contributed by atoms with Gasteiger partial charge in [0.05, 0.1) is 26.8 Å². The van der Waals surface area contributed by atoms with Crippen LogP contribution >= 0.6 is 23.2 Å². The zero-order chi connectivity index (χ0) is 25.5. The number of anilines is 1. The molecule has 0 aliphatic rings. The Balaban J connectivity index is 1.72. The van der Waals surface area contributed by atoms with E-state index < -0.39 is 27.8 Å². The maximum absolute atomic E-state index is 13.7. The molecular weight excluding hydrogens is 532 g/mol. The van der Waals surface area contributed by atoms with Gasteiger partial charge in [0, 0.05) is 17.5 Å². The number of alkyl halides is 3. The lowest BCUT2D eigenvalue weighted by molar-refractivity contribution is -0.142. The van der Waals surface area contributed by atoms with Gasteiger partial charge >= 0.3 is 12.3 Å². The van der Waals surface area contributed by atoms with Crippen LogP contribution in [0, 0.1) is 0 Å². The number of halogens is 5. The molecule has 0 fully saturated rings. The number of hydrogen-bond acceptors (Lipinski definition) is 6. The lowest BCUT2D eigenvalue weighted by Gasteiger charge is -2.12. The molecule has 0 saturated heterocycles. The Morgan fingerprint density at radius 1 is 1.09 bits per heavy atom. The van der Waals surface area contributed by atoms with Crippen LogP contribution in [0.15, 0.2) is 59.6 Å². The van der Waals surface area contributed by atoms with Crippen molar-refractivity contribution in [2.24, 2.45) is 0 Å². The van der Waals surface area contributed by atoms with Crippen molar-refractivity contribution in [1.82, 2.24) is 14.6 Å². The van der Waals surface area contributed by atoms with E-state index >= 15 is 0 Å². The fourth-order valence-electron chi connectivity index (χ4n) is 3.07. The fourth-order valence-corrected chi connectivity index (χ4v) is 4.03. The number of aromatic nitrogens is 3. The first-order valence-corrected chi connectivity index (χ1v) is 12.2. The molecule has 0 unspecified atom stereocenters. The molecule has 8 nitrogen and oxygen atoms in total. The first-order chi connectivity index (χ1) is 16.3. The molecule has 0 aliphatic carbocycles. The average Bonchev–Trinajstić information content (AvgIpc) is 3.16. The highest BCUT2D eigenvalue weighted by atomic mass is 35.5. The van der Waals surface area contributed by atoms with Gasteiger partial charge in [0.25, 0.3) is 0 Å². The summed E-state index contributed by atoms with van der Waals surface area (Å²) >= 11 is 11.9. The number of carbonyl (C=O) groups is 1. The van der Waals surface area contributed by atoms with Crippen LogP contribution in [0.25, 0.3) is 16.9 Å². The molecule has 4 aromatic rings. The zero-order valence-electron chi connectivity index (χ0n) is 17.5. The number of fused-ring (bicyclic) bond motifs is 1. The van der Waals surface area contributed by atoms with Crippen molar-refractivity contribution in [3.8, 4) is 17.0 Å². The lowest BCUT2D eigenvalue weighted by Crippen LogP contribution is -2.17. The molecule has 0 radical (unpaired) electrons. The zero-order valence-corrected chi connectivity index (χ0v) is 19.8. The summed E-state index contributed by atoms with van der Waals surface area (Å²) in [6.45, 7) is 0. The van der Waals surface area contributed by atoms with Crippen molar-refractivity contribution in [1.29, 1.82) is 0 Å². The van der Waals surface area contributed by atoms with Crippen LogP contribution in [-0.2, 0) is 16.0 Å². The molecule has 14 heteroatoms. The Kier molecular flexibility index (Phi) is 6.38. The fraction of sp³-hybridized carbons (Fsp3) is 0.0952. The van der Waals surface area contributed by atoms with Crippen LogP contribution < -0.4 is 10.1 Å². The topological polar surface area (TPSA) is 103 Å². The molecule has 35 heavy (non-hydrogen) atoms. The van der Waals surface area contributed by atoms with Crippen molar-refractivity contribution in [3.63, 3.8) is 0 Å². The number of nitrogens with zero attached hydrogens (tertiary/aromatic N) is 3. The molecule has 182 valence electrons. The van der Waals surface area contributed by atoms with Crippen molar-refractivity contribution in [2.75, 3.05) is 11.6 Å². The highest BCUT2D eigenvalue weighted by Gasteiger charge is 2.36. The van der Waals surface area contributed by atoms with E-state index in [0.29, 0.717) is 4.52 Å². The molecule has 2 aromatic carbocycles. The predicted molar refractivity (Wildman–Crippen MR) is 123 cm³/mol. The minimum absolute atomic E-state index is 0.0472. The van der Waals surface area contributed by atoms with Crippen LogP contribution in [0.2, 0.25) is 10.0 Å². The summed E-state index contributed by atoms with van der Waals surface area (Å²) in [6.07, 6.45) is -4.01. The van der Waals surface area contributed by atoms with E-state index in [1.54, 1.807) is 0 Å². The third-order valence-corrected chi connectivity index (χ3v) is 6.51. The molecule has 2 heterocycles. The molecule has 4 rings (SSSR count). The Hall–Kier alpha value is -3.35.